The third-order valence-electron chi connectivity index (χ3n) is 4.49. The molecule has 0 radical (unpaired) electrons. The number of rotatable bonds is 5. The summed E-state index contributed by atoms with van der Waals surface area (Å²) in [7, 11) is 0. The van der Waals surface area contributed by atoms with Gasteiger partial charge in [0.05, 0.1) is 16.9 Å². The molecule has 0 bridgehead atoms. The number of benzene rings is 2. The number of pyridine rings is 1. The molecule has 0 aliphatic rings. The van der Waals surface area contributed by atoms with Gasteiger partial charge in [0, 0.05) is 28.5 Å². The Hall–Kier alpha value is -4.30. The van der Waals surface area contributed by atoms with Crippen LogP contribution in [0.3, 0.4) is 0 Å². The van der Waals surface area contributed by atoms with Crippen LogP contribution in [-0.4, -0.2) is 27.1 Å². The lowest BCUT2D eigenvalue weighted by atomic mass is 10.1. The normalized spacial score (nSPS) is 11.0. The number of nitrogen functional groups attached to an aromatic ring is 1. The minimum absolute atomic E-state index is 0.532. The van der Waals surface area contributed by atoms with E-state index in [2.05, 4.69) is 20.8 Å². The molecule has 0 fully saturated rings. The van der Waals surface area contributed by atoms with E-state index in [4.69, 9.17) is 5.84 Å². The molecule has 4 rings (SSSR count). The third kappa shape index (κ3) is 3.80. The topological polar surface area (TPSA) is 115 Å². The van der Waals surface area contributed by atoms with Gasteiger partial charge < -0.3 is 5.32 Å². The summed E-state index contributed by atoms with van der Waals surface area (Å²) >= 11 is 0. The van der Waals surface area contributed by atoms with Gasteiger partial charge in [-0.2, -0.15) is 9.78 Å². The summed E-state index contributed by atoms with van der Waals surface area (Å²) in [6.45, 7) is 0. The number of amides is 1. The number of aromatic nitrogens is 3. The van der Waals surface area contributed by atoms with Crippen molar-refractivity contribution in [1.82, 2.24) is 20.2 Å². The van der Waals surface area contributed by atoms with Gasteiger partial charge in [-0.25, -0.2) is 10.6 Å². The largest absolute Gasteiger partial charge is 0.356 e. The Bertz CT molecular complexity index is 1250. The average Bonchev–Trinajstić information content (AvgIpc) is 3.16. The first-order valence-electron chi connectivity index (χ1n) is 9.13. The molecule has 0 saturated carbocycles. The average molecular weight is 398 g/mol. The Balaban J connectivity index is 1.76. The van der Waals surface area contributed by atoms with Crippen molar-refractivity contribution in [3.8, 4) is 0 Å². The first-order chi connectivity index (χ1) is 14.7. The summed E-state index contributed by atoms with van der Waals surface area (Å²) in [4.78, 5) is 27.8. The second kappa shape index (κ2) is 8.38. The molecule has 0 aliphatic carbocycles. The van der Waals surface area contributed by atoms with Crippen molar-refractivity contribution in [2.75, 3.05) is 5.32 Å². The lowest BCUT2D eigenvalue weighted by Gasteiger charge is -2.09. The fourth-order valence-corrected chi connectivity index (χ4v) is 3.06. The summed E-state index contributed by atoms with van der Waals surface area (Å²) in [5, 5.41) is 8.35. The lowest BCUT2D eigenvalue weighted by Crippen LogP contribution is -2.34. The van der Waals surface area contributed by atoms with Gasteiger partial charge >= 0.3 is 6.03 Å². The van der Waals surface area contributed by atoms with Gasteiger partial charge in [-0.05, 0) is 54.6 Å². The molecule has 8 heteroatoms. The molecule has 148 valence electrons. The van der Waals surface area contributed by atoms with E-state index in [0.29, 0.717) is 28.1 Å². The summed E-state index contributed by atoms with van der Waals surface area (Å²) in [5.74, 6) is 5.33. The highest BCUT2D eigenvalue weighted by Gasteiger charge is 2.14. The molecule has 4 N–H and O–H groups in total. The zero-order valence-corrected chi connectivity index (χ0v) is 15.8. The number of para-hydroxylation sites is 1. The molecule has 2 aromatic carbocycles. The van der Waals surface area contributed by atoms with E-state index in [-0.39, 0.29) is 0 Å². The highest BCUT2D eigenvalue weighted by molar-refractivity contribution is 5.97. The van der Waals surface area contributed by atoms with Gasteiger partial charge in [-0.3, -0.25) is 15.2 Å². The van der Waals surface area contributed by atoms with Crippen LogP contribution in [0.15, 0.2) is 66.9 Å². The van der Waals surface area contributed by atoms with Crippen molar-refractivity contribution < 1.29 is 9.59 Å². The van der Waals surface area contributed by atoms with Crippen molar-refractivity contribution in [3.05, 3.63) is 83.8 Å². The molecule has 2 aromatic heterocycles. The van der Waals surface area contributed by atoms with Crippen LogP contribution in [0.2, 0.25) is 0 Å². The first-order valence-corrected chi connectivity index (χ1v) is 9.13. The zero-order chi connectivity index (χ0) is 20.9. The molecule has 0 atom stereocenters. The van der Waals surface area contributed by atoms with E-state index < -0.39 is 6.03 Å². The maximum Gasteiger partial charge on any atom is 0.356 e. The molecule has 2 heterocycles. The summed E-state index contributed by atoms with van der Waals surface area (Å²) < 4.78 is 1.20. The van der Waals surface area contributed by atoms with Gasteiger partial charge in [0.15, 0.2) is 6.29 Å². The van der Waals surface area contributed by atoms with Crippen molar-refractivity contribution in [1.29, 1.82) is 0 Å². The van der Waals surface area contributed by atoms with E-state index in [0.717, 1.165) is 17.4 Å². The molecule has 4 aromatic rings. The molecular weight excluding hydrogens is 380 g/mol. The highest BCUT2D eigenvalue weighted by atomic mass is 16.2. The molecule has 0 aliphatic heterocycles. The van der Waals surface area contributed by atoms with E-state index in [1.54, 1.807) is 36.5 Å². The number of fused-ring (bicyclic) bond motifs is 1. The third-order valence-corrected chi connectivity index (χ3v) is 4.49. The minimum atomic E-state index is -0.567. The predicted molar refractivity (Wildman–Crippen MR) is 116 cm³/mol. The predicted octanol–water partition coefficient (Wildman–Crippen LogP) is 3.59. The maximum absolute atomic E-state index is 12.2. The Morgan fingerprint density at radius 1 is 1.03 bits per heavy atom. The number of nitrogens with two attached hydrogens (primary N) is 1. The Morgan fingerprint density at radius 3 is 2.63 bits per heavy atom. The summed E-state index contributed by atoms with van der Waals surface area (Å²) in [5.41, 5.74) is 5.93. The maximum atomic E-state index is 12.2. The van der Waals surface area contributed by atoms with E-state index >= 15 is 0 Å². The molecule has 0 unspecified atom stereocenters. The molecule has 0 spiro atoms. The standard InChI is InChI=1S/C22H18N6O2/c23-26-22(30)28-21-13-17(25-19-7-2-1-5-15(19)14-29)8-10-18(21)20(27-28)11-9-16-6-3-4-12-24-16/h1-14,25H,23H2,(H,26,30)/b11-9+. The van der Waals surface area contributed by atoms with Crippen molar-refractivity contribution in [3.63, 3.8) is 0 Å². The number of nitrogens with zero attached hydrogens (tertiary/aromatic N) is 3. The number of aldehydes is 1. The van der Waals surface area contributed by atoms with E-state index in [1.807, 2.05) is 42.5 Å². The SMILES string of the molecule is NNC(=O)n1nc(/C=C/c2ccccn2)c2ccc(Nc3ccccc3C=O)cc21. The van der Waals surface area contributed by atoms with Crippen LogP contribution in [0.1, 0.15) is 21.7 Å². The number of anilines is 2. The molecule has 1 amide bonds. The van der Waals surface area contributed by atoms with Crippen LogP contribution in [0.25, 0.3) is 23.1 Å². The van der Waals surface area contributed by atoms with Crippen LogP contribution in [0.4, 0.5) is 16.2 Å². The molecular formula is C22H18N6O2. The second-order valence-electron chi connectivity index (χ2n) is 6.40. The second-order valence-corrected chi connectivity index (χ2v) is 6.40. The van der Waals surface area contributed by atoms with Crippen molar-refractivity contribution in [2.24, 2.45) is 5.84 Å². The number of carbonyl (C=O) groups is 2. The van der Waals surface area contributed by atoms with Gasteiger partial charge in [-0.15, -0.1) is 0 Å². The smallest absolute Gasteiger partial charge is 0.355 e. The Kier molecular flexibility index (Phi) is 5.31. The zero-order valence-electron chi connectivity index (χ0n) is 15.8. The van der Waals surface area contributed by atoms with E-state index in [9.17, 15) is 9.59 Å². The van der Waals surface area contributed by atoms with Crippen LogP contribution < -0.4 is 16.6 Å². The number of hydrogen-bond donors (Lipinski definition) is 3. The van der Waals surface area contributed by atoms with Crippen molar-refractivity contribution >= 4 is 46.7 Å². The first kappa shape index (κ1) is 19.0. The van der Waals surface area contributed by atoms with Crippen LogP contribution in [0, 0.1) is 0 Å². The van der Waals surface area contributed by atoms with Crippen LogP contribution in [0.5, 0.6) is 0 Å². The fraction of sp³-hybridized carbons (Fsp3) is 0. The van der Waals surface area contributed by atoms with Gasteiger partial charge in [0.25, 0.3) is 0 Å². The van der Waals surface area contributed by atoms with Gasteiger partial charge in [0.1, 0.15) is 0 Å². The van der Waals surface area contributed by atoms with Gasteiger partial charge in [0.2, 0.25) is 0 Å². The monoisotopic (exact) mass is 398 g/mol. The number of hydrazine groups is 1. The summed E-state index contributed by atoms with van der Waals surface area (Å²) in [6.07, 6.45) is 6.10. The van der Waals surface area contributed by atoms with Gasteiger partial charge in [-0.1, -0.05) is 18.2 Å². The van der Waals surface area contributed by atoms with E-state index in [1.165, 1.54) is 4.68 Å². The quantitative estimate of drug-likeness (QED) is 0.205. The molecule has 8 nitrogen and oxygen atoms in total. The summed E-state index contributed by atoms with van der Waals surface area (Å²) in [6, 6.07) is 17.7. The molecule has 30 heavy (non-hydrogen) atoms. The highest BCUT2D eigenvalue weighted by Crippen LogP contribution is 2.27. The van der Waals surface area contributed by atoms with Crippen LogP contribution >= 0.6 is 0 Å². The Labute approximate surface area is 172 Å². The number of hydrogen-bond acceptors (Lipinski definition) is 6. The Morgan fingerprint density at radius 2 is 1.87 bits per heavy atom. The fourth-order valence-electron chi connectivity index (χ4n) is 3.06. The molecule has 0 saturated heterocycles. The number of nitrogens with one attached hydrogen (secondary N) is 2. The minimum Gasteiger partial charge on any atom is -0.355 e. The lowest BCUT2D eigenvalue weighted by molar-refractivity contribution is 0.112. The number of carbonyl (C=O) groups excluding carboxylic acids is 2. The van der Waals surface area contributed by atoms with Crippen LogP contribution in [-0.2, 0) is 0 Å². The van der Waals surface area contributed by atoms with Crippen molar-refractivity contribution in [2.45, 2.75) is 0 Å².